The Morgan fingerprint density at radius 1 is 1.07 bits per heavy atom. The van der Waals surface area contributed by atoms with Crippen LogP contribution >= 0.6 is 24.0 Å². The maximum Gasteiger partial charge on any atom is 0.410 e. The molecule has 7 nitrogen and oxygen atoms in total. The zero-order valence-electron chi connectivity index (χ0n) is 20.1. The lowest BCUT2D eigenvalue weighted by Crippen LogP contribution is -2.53. The quantitative estimate of drug-likeness (QED) is 0.234. The Morgan fingerprint density at radius 3 is 2.13 bits per heavy atom. The van der Waals surface area contributed by atoms with Crippen LogP contribution in [-0.2, 0) is 4.74 Å². The second-order valence-corrected chi connectivity index (χ2v) is 10.4. The number of nitrogens with zero attached hydrogens (tertiary/aromatic N) is 3. The van der Waals surface area contributed by atoms with E-state index in [2.05, 4.69) is 41.3 Å². The van der Waals surface area contributed by atoms with Crippen LogP contribution in [0.1, 0.15) is 67.2 Å². The fraction of sp³-hybridized carbons (Fsp3) is 0.909. The summed E-state index contributed by atoms with van der Waals surface area (Å²) in [5.41, 5.74) is -0.330. The van der Waals surface area contributed by atoms with E-state index in [1.165, 1.54) is 12.8 Å². The zero-order chi connectivity index (χ0) is 21.7. The molecule has 1 saturated carbocycles. The lowest BCUT2D eigenvalue weighted by molar-refractivity contribution is 0.00928. The summed E-state index contributed by atoms with van der Waals surface area (Å²) in [6, 6.07) is 0.252. The number of carbonyl (C=O) groups excluding carboxylic acids is 1. The summed E-state index contributed by atoms with van der Waals surface area (Å²) in [6.07, 6.45) is 4.22. The molecule has 0 atom stereocenters. The van der Waals surface area contributed by atoms with Crippen LogP contribution < -0.4 is 10.6 Å². The van der Waals surface area contributed by atoms with Crippen LogP contribution in [0.4, 0.5) is 4.79 Å². The highest BCUT2D eigenvalue weighted by Gasteiger charge is 2.35. The molecular formula is C22H44IN5O2. The Kier molecular flexibility index (Phi) is 10.7. The van der Waals surface area contributed by atoms with Crippen molar-refractivity contribution in [1.82, 2.24) is 20.4 Å². The maximum atomic E-state index is 12.8. The van der Waals surface area contributed by atoms with Gasteiger partial charge in [0.1, 0.15) is 5.60 Å². The Bertz CT molecular complexity index is 559. The first kappa shape index (κ1) is 27.3. The van der Waals surface area contributed by atoms with Crippen LogP contribution in [0.15, 0.2) is 4.99 Å². The molecular weight excluding hydrogens is 493 g/mol. The van der Waals surface area contributed by atoms with Crippen molar-refractivity contribution in [3.63, 3.8) is 0 Å². The van der Waals surface area contributed by atoms with Crippen LogP contribution in [0, 0.1) is 5.92 Å². The first-order chi connectivity index (χ1) is 13.5. The molecule has 2 fully saturated rings. The molecule has 2 rings (SSSR count). The number of aliphatic imine (C=N–C) groups is 1. The topological polar surface area (TPSA) is 69.2 Å². The number of ether oxygens (including phenoxy) is 1. The molecule has 2 N–H and O–H groups in total. The largest absolute Gasteiger partial charge is 0.444 e. The van der Waals surface area contributed by atoms with E-state index in [0.29, 0.717) is 5.92 Å². The summed E-state index contributed by atoms with van der Waals surface area (Å²) in [5, 5.41) is 6.95. The van der Waals surface area contributed by atoms with Crippen molar-refractivity contribution in [2.24, 2.45) is 10.9 Å². The zero-order valence-corrected chi connectivity index (χ0v) is 22.4. The summed E-state index contributed by atoms with van der Waals surface area (Å²) in [5.74, 6) is 1.61. The molecule has 30 heavy (non-hydrogen) atoms. The third-order valence-corrected chi connectivity index (χ3v) is 5.26. The molecule has 1 saturated heterocycles. The van der Waals surface area contributed by atoms with E-state index in [0.717, 1.165) is 51.5 Å². The number of likely N-dealkylation sites (tertiary alicyclic amines) is 1. The number of nitrogens with one attached hydrogen (secondary N) is 2. The SMILES string of the molecule is CN=C(NCCNC(C)(C)C)N1CCC(N(CC2CC2)C(=O)OC(C)(C)C)CC1.I. The highest BCUT2D eigenvalue weighted by Crippen LogP contribution is 2.32. The van der Waals surface area contributed by atoms with Gasteiger partial charge in [0.15, 0.2) is 5.96 Å². The number of halogens is 1. The van der Waals surface area contributed by atoms with Gasteiger partial charge in [-0.3, -0.25) is 4.99 Å². The molecule has 0 aromatic heterocycles. The Balaban J connectivity index is 0.00000450. The first-order valence-electron chi connectivity index (χ1n) is 11.2. The minimum atomic E-state index is -0.452. The number of carbonyl (C=O) groups is 1. The predicted molar refractivity (Wildman–Crippen MR) is 135 cm³/mol. The number of rotatable bonds is 6. The van der Waals surface area contributed by atoms with E-state index in [4.69, 9.17) is 4.74 Å². The summed E-state index contributed by atoms with van der Waals surface area (Å²) >= 11 is 0. The van der Waals surface area contributed by atoms with E-state index in [9.17, 15) is 4.79 Å². The van der Waals surface area contributed by atoms with Gasteiger partial charge in [-0.2, -0.15) is 0 Å². The molecule has 0 bridgehead atoms. The molecule has 0 radical (unpaired) electrons. The highest BCUT2D eigenvalue weighted by molar-refractivity contribution is 14.0. The number of guanidine groups is 1. The normalized spacial score (nSPS) is 18.6. The summed E-state index contributed by atoms with van der Waals surface area (Å²) < 4.78 is 5.70. The standard InChI is InChI=1S/C22H43N5O2.HI/c1-21(2,3)25-13-12-24-19(23-7)26-14-10-18(11-15-26)27(16-17-8-9-17)20(28)29-22(4,5)6;/h17-18,25H,8-16H2,1-7H3,(H,23,24);1H. The van der Waals surface area contributed by atoms with Crippen molar-refractivity contribution in [2.75, 3.05) is 39.8 Å². The minimum absolute atomic E-state index is 0. The molecule has 0 spiro atoms. The molecule has 1 aliphatic heterocycles. The Morgan fingerprint density at radius 2 is 1.67 bits per heavy atom. The van der Waals surface area contributed by atoms with E-state index < -0.39 is 5.60 Å². The lowest BCUT2D eigenvalue weighted by Gasteiger charge is -2.40. The number of piperidine rings is 1. The van der Waals surface area contributed by atoms with E-state index >= 15 is 0 Å². The number of amides is 1. The molecule has 1 amide bonds. The van der Waals surface area contributed by atoms with Gasteiger partial charge in [0, 0.05) is 51.4 Å². The maximum absolute atomic E-state index is 12.8. The Labute approximate surface area is 200 Å². The minimum Gasteiger partial charge on any atom is -0.444 e. The molecule has 1 heterocycles. The molecule has 0 unspecified atom stereocenters. The van der Waals surface area contributed by atoms with Crippen LogP contribution in [0.2, 0.25) is 0 Å². The highest BCUT2D eigenvalue weighted by atomic mass is 127. The van der Waals surface area contributed by atoms with Gasteiger partial charge in [0.25, 0.3) is 0 Å². The van der Waals surface area contributed by atoms with Gasteiger partial charge >= 0.3 is 6.09 Å². The number of hydrogen-bond donors (Lipinski definition) is 2. The number of hydrogen-bond acceptors (Lipinski definition) is 4. The van der Waals surface area contributed by atoms with Gasteiger partial charge < -0.3 is 25.2 Å². The van der Waals surface area contributed by atoms with Gasteiger partial charge in [-0.15, -0.1) is 24.0 Å². The molecule has 0 aromatic carbocycles. The monoisotopic (exact) mass is 537 g/mol. The smallest absolute Gasteiger partial charge is 0.410 e. The second kappa shape index (κ2) is 11.7. The van der Waals surface area contributed by atoms with E-state index in [1.807, 2.05) is 32.7 Å². The van der Waals surface area contributed by atoms with E-state index in [1.54, 1.807) is 0 Å². The fourth-order valence-corrected chi connectivity index (χ4v) is 3.61. The average Bonchev–Trinajstić information content (AvgIpc) is 3.42. The van der Waals surface area contributed by atoms with Gasteiger partial charge in [0.05, 0.1) is 0 Å². The van der Waals surface area contributed by atoms with Crippen molar-refractivity contribution < 1.29 is 9.53 Å². The second-order valence-electron chi connectivity index (χ2n) is 10.4. The van der Waals surface area contributed by atoms with Crippen molar-refractivity contribution in [2.45, 2.75) is 84.4 Å². The van der Waals surface area contributed by atoms with Gasteiger partial charge in [-0.25, -0.2) is 4.79 Å². The van der Waals surface area contributed by atoms with Crippen LogP contribution in [0.5, 0.6) is 0 Å². The van der Waals surface area contributed by atoms with Gasteiger partial charge in [-0.1, -0.05) is 0 Å². The van der Waals surface area contributed by atoms with E-state index in [-0.39, 0.29) is 41.7 Å². The summed E-state index contributed by atoms with van der Waals surface area (Å²) in [4.78, 5) is 21.6. The van der Waals surface area contributed by atoms with Gasteiger partial charge in [0.2, 0.25) is 0 Å². The molecule has 2 aliphatic rings. The fourth-order valence-electron chi connectivity index (χ4n) is 3.61. The third-order valence-electron chi connectivity index (χ3n) is 5.26. The first-order valence-corrected chi connectivity index (χ1v) is 11.2. The molecule has 8 heteroatoms. The van der Waals surface area contributed by atoms with Crippen molar-refractivity contribution in [3.05, 3.63) is 0 Å². The molecule has 0 aromatic rings. The summed E-state index contributed by atoms with van der Waals surface area (Å²) in [7, 11) is 1.84. The summed E-state index contributed by atoms with van der Waals surface area (Å²) in [6.45, 7) is 16.7. The van der Waals surface area contributed by atoms with Crippen LogP contribution in [0.3, 0.4) is 0 Å². The average molecular weight is 538 g/mol. The van der Waals surface area contributed by atoms with Crippen molar-refractivity contribution in [3.8, 4) is 0 Å². The third kappa shape index (κ3) is 10.0. The lowest BCUT2D eigenvalue weighted by atomic mass is 10.0. The molecule has 1 aliphatic carbocycles. The van der Waals surface area contributed by atoms with Crippen LogP contribution in [0.25, 0.3) is 0 Å². The molecule has 176 valence electrons. The van der Waals surface area contributed by atoms with Gasteiger partial charge in [-0.05, 0) is 73.1 Å². The van der Waals surface area contributed by atoms with Crippen LogP contribution in [-0.4, -0.2) is 78.8 Å². The predicted octanol–water partition coefficient (Wildman–Crippen LogP) is 3.68. The van der Waals surface area contributed by atoms with Crippen molar-refractivity contribution in [1.29, 1.82) is 0 Å². The van der Waals surface area contributed by atoms with Crippen molar-refractivity contribution >= 4 is 36.0 Å². The Hall–Kier alpha value is -0.770.